The minimum absolute atomic E-state index is 0. The fourth-order valence-electron chi connectivity index (χ4n) is 0. The molecule has 0 spiro atoms. The average molecular weight is 283 g/mol. The molecule has 0 saturated heterocycles. The summed E-state index contributed by atoms with van der Waals surface area (Å²) in [6, 6.07) is 0. The van der Waals surface area contributed by atoms with Gasteiger partial charge in [-0.1, -0.05) is 0 Å². The summed E-state index contributed by atoms with van der Waals surface area (Å²) >= 11 is 0. The Kier molecular flexibility index (Phi) is 42.2. The van der Waals surface area contributed by atoms with Crippen molar-refractivity contribution in [1.82, 2.24) is 0 Å². The Bertz CT molecular complexity index is 57.1. The largest absolute Gasteiger partial charge is 0.820 e. The van der Waals surface area contributed by atoms with Crippen molar-refractivity contribution in [3.05, 3.63) is 0 Å². The van der Waals surface area contributed by atoms with Gasteiger partial charge in [0.15, 0.2) is 0 Å². The van der Waals surface area contributed by atoms with E-state index in [9.17, 15) is 0 Å². The van der Waals surface area contributed by atoms with Crippen molar-refractivity contribution in [2.24, 2.45) is 0 Å². The van der Waals surface area contributed by atoms with Gasteiger partial charge in [-0.3, -0.25) is 0 Å². The maximum absolute atomic E-state index is 8.59. The molecule has 0 aromatic rings. The molecular formula is C2H14CoN2O6P2. The molecule has 1 radical (unpaired) electrons. The maximum Gasteiger partial charge on any atom is 0.324 e. The molecule has 0 unspecified atom stereocenters. The molecule has 0 saturated carbocycles. The van der Waals surface area contributed by atoms with Gasteiger partial charge in [0, 0.05) is 16.8 Å². The molecule has 11 heteroatoms. The van der Waals surface area contributed by atoms with Gasteiger partial charge in [-0.15, -0.1) is 0 Å². The molecule has 0 amide bonds. The van der Waals surface area contributed by atoms with Crippen LogP contribution in [0.25, 0.3) is 0 Å². The van der Waals surface area contributed by atoms with E-state index >= 15 is 0 Å². The van der Waals surface area contributed by atoms with Crippen LogP contribution in [-0.4, -0.2) is 32.7 Å². The van der Waals surface area contributed by atoms with E-state index in [2.05, 4.69) is 11.5 Å². The summed E-state index contributed by atoms with van der Waals surface area (Å²) in [7, 11) is -5.74. The van der Waals surface area contributed by atoms with Crippen LogP contribution >= 0.6 is 17.2 Å². The first-order chi connectivity index (χ1) is 5.38. The van der Waals surface area contributed by atoms with Gasteiger partial charge in [0.25, 0.3) is 0 Å². The van der Waals surface area contributed by atoms with Crippen LogP contribution in [-0.2, 0) is 16.8 Å². The summed E-state index contributed by atoms with van der Waals surface area (Å²) < 4.78 is 0. The molecule has 0 aromatic carbocycles. The Morgan fingerprint density at radius 3 is 1.00 bits per heavy atom. The fourth-order valence-corrected chi connectivity index (χ4v) is 0. The van der Waals surface area contributed by atoms with Crippen LogP contribution in [0.2, 0.25) is 0 Å². The summed E-state index contributed by atoms with van der Waals surface area (Å²) in [6.45, 7) is 1.92. The molecule has 0 aliphatic rings. The van der Waals surface area contributed by atoms with Crippen molar-refractivity contribution >= 4 is 17.2 Å². The van der Waals surface area contributed by atoms with Crippen LogP contribution in [0, 0.1) is 0 Å². The third-order valence-electron chi connectivity index (χ3n) is 0.250. The van der Waals surface area contributed by atoms with Crippen molar-refractivity contribution in [1.29, 1.82) is 0 Å². The van der Waals surface area contributed by atoms with E-state index < -0.39 is 17.2 Å². The van der Waals surface area contributed by atoms with Crippen LogP contribution in [0.1, 0.15) is 0 Å². The Labute approximate surface area is 88.4 Å². The van der Waals surface area contributed by atoms with Crippen molar-refractivity contribution in [3.63, 3.8) is 0 Å². The monoisotopic (exact) mass is 283 g/mol. The molecule has 0 heterocycles. The standard InChI is InChI=1S/C2H8N2.Co.H3O3P.HO3P/c3-1-2-4;;2*1-4(2)3/h1-4H2;;1-3H;1H/q;;;-2/p+2. The molecule has 0 aromatic heterocycles. The normalized spacial score (nSPS) is 7.85. The first kappa shape index (κ1) is 23.7. The van der Waals surface area contributed by atoms with Crippen molar-refractivity contribution in [2.75, 3.05) is 13.1 Å². The van der Waals surface area contributed by atoms with Gasteiger partial charge in [-0.25, -0.2) is 0 Å². The summed E-state index contributed by atoms with van der Waals surface area (Å²) in [6.07, 6.45) is 0. The van der Waals surface area contributed by atoms with Gasteiger partial charge in [0.2, 0.25) is 0 Å². The van der Waals surface area contributed by atoms with Crippen molar-refractivity contribution in [3.8, 4) is 0 Å². The quantitative estimate of drug-likeness (QED) is 0.261. The van der Waals surface area contributed by atoms with E-state index in [-0.39, 0.29) is 16.8 Å². The van der Waals surface area contributed by atoms with Gasteiger partial charge in [-0.05, 0) is 0 Å². The topological polar surface area (TPSA) is 182 Å². The summed E-state index contributed by atoms with van der Waals surface area (Å²) in [5.74, 6) is 0. The van der Waals surface area contributed by atoms with Gasteiger partial charge in [-0.2, -0.15) is 8.60 Å². The Morgan fingerprint density at radius 2 is 1.00 bits per heavy atom. The van der Waals surface area contributed by atoms with E-state index in [0.29, 0.717) is 0 Å². The number of hydrogen-bond acceptors (Lipinski definition) is 6. The molecule has 13 heavy (non-hydrogen) atoms. The fraction of sp³-hybridized carbons (Fsp3) is 1.00. The van der Waals surface area contributed by atoms with E-state index in [1.54, 1.807) is 0 Å². The van der Waals surface area contributed by atoms with Crippen molar-refractivity contribution in [2.45, 2.75) is 0 Å². The minimum atomic E-state index is -3.12. The van der Waals surface area contributed by atoms with Crippen LogP contribution in [0.15, 0.2) is 0 Å². The predicted octanol–water partition coefficient (Wildman–Crippen LogP) is -5.42. The number of hydrogen-bond donors (Lipinski definition) is 6. The second kappa shape index (κ2) is 23.1. The number of quaternary nitrogens is 2. The average Bonchev–Trinajstić information content (AvgIpc) is 1.85. The Hall–Kier alpha value is 1.05. The van der Waals surface area contributed by atoms with Crippen LogP contribution in [0.4, 0.5) is 0 Å². The zero-order chi connectivity index (χ0) is 10.6. The van der Waals surface area contributed by atoms with Crippen molar-refractivity contribution < 1.29 is 57.6 Å². The van der Waals surface area contributed by atoms with Crippen LogP contribution < -0.4 is 21.3 Å². The molecule has 8 nitrogen and oxygen atoms in total. The van der Waals surface area contributed by atoms with Gasteiger partial charge < -0.3 is 40.8 Å². The summed E-state index contributed by atoms with van der Waals surface area (Å²) in [5, 5.41) is 0. The first-order valence-electron chi connectivity index (χ1n) is 2.67. The van der Waals surface area contributed by atoms with E-state index in [4.69, 9.17) is 29.4 Å². The van der Waals surface area contributed by atoms with E-state index in [0.717, 1.165) is 13.1 Å². The van der Waals surface area contributed by atoms with Gasteiger partial charge >= 0.3 is 8.60 Å². The minimum Gasteiger partial charge on any atom is -0.820 e. The molecular weight excluding hydrogens is 269 g/mol. The maximum atomic E-state index is 8.59. The Balaban J connectivity index is -0.0000000450. The molecule has 87 valence electrons. The Morgan fingerprint density at radius 1 is 0.923 bits per heavy atom. The van der Waals surface area contributed by atoms with Crippen LogP contribution in [0.3, 0.4) is 0 Å². The zero-order valence-electron chi connectivity index (χ0n) is 6.66. The molecule has 0 aliphatic carbocycles. The summed E-state index contributed by atoms with van der Waals surface area (Å²) in [4.78, 5) is 45.9. The van der Waals surface area contributed by atoms with E-state index in [1.165, 1.54) is 0 Å². The predicted molar refractivity (Wildman–Crippen MR) is 38.2 cm³/mol. The number of rotatable bonds is 1. The zero-order valence-corrected chi connectivity index (χ0v) is 9.49. The third-order valence-corrected chi connectivity index (χ3v) is 0.250. The van der Waals surface area contributed by atoms with Gasteiger partial charge in [0.1, 0.15) is 13.1 Å². The van der Waals surface area contributed by atoms with E-state index in [1.807, 2.05) is 0 Å². The summed E-state index contributed by atoms with van der Waals surface area (Å²) in [5.41, 5.74) is 7.08. The first-order valence-corrected chi connectivity index (χ1v) is 5.00. The third kappa shape index (κ3) is 380. The molecule has 0 bridgehead atoms. The second-order valence-corrected chi connectivity index (χ2v) is 2.23. The molecule has 0 fully saturated rings. The smallest absolute Gasteiger partial charge is 0.324 e. The molecule has 0 atom stereocenters. The van der Waals surface area contributed by atoms with Gasteiger partial charge in [0.05, 0.1) is 0 Å². The molecule has 10 N–H and O–H groups in total. The second-order valence-electron chi connectivity index (χ2n) is 1.21. The molecule has 0 aliphatic heterocycles. The van der Waals surface area contributed by atoms with Crippen LogP contribution in [0.5, 0.6) is 0 Å². The molecule has 0 rings (SSSR count). The SMILES string of the molecule is OP(O)O.[Co].[NH3+]CC[NH3+].[O-]P([O-])O.